The normalized spacial score (nSPS) is 15.4. The Labute approximate surface area is 177 Å². The van der Waals surface area contributed by atoms with E-state index >= 15 is 0 Å². The van der Waals surface area contributed by atoms with Gasteiger partial charge in [0.25, 0.3) is 5.91 Å². The zero-order valence-corrected chi connectivity index (χ0v) is 17.9. The molecule has 7 heteroatoms. The average Bonchev–Trinajstić information content (AvgIpc) is 2.95. The Hall–Kier alpha value is -2.90. The molecule has 1 aliphatic heterocycles. The second-order valence-electron chi connectivity index (χ2n) is 7.25. The maximum atomic E-state index is 13.2. The van der Waals surface area contributed by atoms with Gasteiger partial charge in [0, 0.05) is 30.2 Å². The number of benzene rings is 2. The fourth-order valence-electron chi connectivity index (χ4n) is 3.50. The molecule has 30 heavy (non-hydrogen) atoms. The Morgan fingerprint density at radius 1 is 1.03 bits per heavy atom. The molecule has 1 heterocycles. The molecule has 2 aromatic carbocycles. The topological polar surface area (TPSA) is 79.9 Å². The predicted octanol–water partition coefficient (Wildman–Crippen LogP) is 3.91. The maximum Gasteiger partial charge on any atom is 0.320 e. The third-order valence-corrected chi connectivity index (χ3v) is 4.92. The predicted molar refractivity (Wildman–Crippen MR) is 117 cm³/mol. The lowest BCUT2D eigenvalue weighted by atomic mass is 10.1. The van der Waals surface area contributed by atoms with Crippen molar-refractivity contribution in [3.05, 3.63) is 59.2 Å². The molecule has 160 valence electrons. The minimum Gasteiger partial charge on any atom is -0.351 e. The fourth-order valence-corrected chi connectivity index (χ4v) is 3.50. The van der Waals surface area contributed by atoms with Crippen LogP contribution in [0.4, 0.5) is 16.2 Å². The lowest BCUT2D eigenvalue weighted by molar-refractivity contribution is -0.135. The highest BCUT2D eigenvalue weighted by Gasteiger charge is 2.39. The van der Waals surface area contributed by atoms with Crippen LogP contribution < -0.4 is 15.5 Å². The molecule has 0 unspecified atom stereocenters. The lowest BCUT2D eigenvalue weighted by Crippen LogP contribution is -2.43. The Morgan fingerprint density at radius 3 is 2.30 bits per heavy atom. The molecule has 0 spiro atoms. The van der Waals surface area contributed by atoms with Crippen LogP contribution in [-0.2, 0) is 14.3 Å². The molecule has 0 aliphatic carbocycles. The molecule has 0 bridgehead atoms. The minimum atomic E-state index is -0.769. The Kier molecular flexibility index (Phi) is 7.07. The van der Waals surface area contributed by atoms with Gasteiger partial charge < -0.3 is 25.0 Å². The highest BCUT2D eigenvalue weighted by molar-refractivity contribution is 6.07. The molecule has 0 radical (unpaired) electrons. The number of rotatable bonds is 8. The summed E-state index contributed by atoms with van der Waals surface area (Å²) in [6.45, 7) is 8.92. The van der Waals surface area contributed by atoms with E-state index in [-0.39, 0.29) is 12.5 Å². The van der Waals surface area contributed by atoms with Crippen molar-refractivity contribution < 1.29 is 19.1 Å². The highest BCUT2D eigenvalue weighted by Crippen LogP contribution is 2.37. The standard InChI is InChI=1S/C23H29N3O4/c1-5-29-20(30-6-2)14-26-19-12-9-16(4)13-18(19)21(22(26)27)25-23(28)24-17-10-7-15(3)8-11-17/h7-13,20-21H,5-6,14H2,1-4H3,(H2,24,25,28)/t21-/m0/s1. The number of ether oxygens (including phenoxy) is 2. The number of anilines is 2. The molecule has 7 nitrogen and oxygen atoms in total. The van der Waals surface area contributed by atoms with Crippen LogP contribution in [0, 0.1) is 13.8 Å². The van der Waals surface area contributed by atoms with E-state index in [4.69, 9.17) is 9.47 Å². The average molecular weight is 412 g/mol. The summed E-state index contributed by atoms with van der Waals surface area (Å²) in [6, 6.07) is 12.1. The van der Waals surface area contributed by atoms with E-state index in [1.807, 2.05) is 70.2 Å². The smallest absolute Gasteiger partial charge is 0.320 e. The van der Waals surface area contributed by atoms with E-state index in [1.165, 1.54) is 0 Å². The molecule has 0 aromatic heterocycles. The van der Waals surface area contributed by atoms with Crippen molar-refractivity contribution in [3.8, 4) is 0 Å². The highest BCUT2D eigenvalue weighted by atomic mass is 16.7. The van der Waals surface area contributed by atoms with Gasteiger partial charge in [-0.25, -0.2) is 4.79 Å². The summed E-state index contributed by atoms with van der Waals surface area (Å²) in [5, 5.41) is 5.61. The number of hydrogen-bond acceptors (Lipinski definition) is 4. The molecule has 2 aromatic rings. The molecule has 3 amide bonds. The lowest BCUT2D eigenvalue weighted by Gasteiger charge is -2.24. The number of urea groups is 1. The van der Waals surface area contributed by atoms with Gasteiger partial charge in [-0.1, -0.05) is 35.4 Å². The van der Waals surface area contributed by atoms with E-state index in [1.54, 1.807) is 4.90 Å². The van der Waals surface area contributed by atoms with Crippen LogP contribution in [0.5, 0.6) is 0 Å². The first kappa shape index (κ1) is 21.8. The van der Waals surface area contributed by atoms with Gasteiger partial charge in [0.05, 0.1) is 6.54 Å². The number of nitrogens with one attached hydrogen (secondary N) is 2. The molecule has 0 saturated carbocycles. The first-order chi connectivity index (χ1) is 14.4. The molecule has 0 saturated heterocycles. The van der Waals surface area contributed by atoms with Crippen molar-refractivity contribution in [2.75, 3.05) is 30.0 Å². The fraction of sp³-hybridized carbons (Fsp3) is 0.391. The van der Waals surface area contributed by atoms with Crippen LogP contribution in [-0.4, -0.2) is 38.0 Å². The zero-order chi connectivity index (χ0) is 21.7. The van der Waals surface area contributed by atoms with Crippen LogP contribution >= 0.6 is 0 Å². The van der Waals surface area contributed by atoms with Gasteiger partial charge in [0.2, 0.25) is 0 Å². The van der Waals surface area contributed by atoms with Gasteiger partial charge in [0.1, 0.15) is 6.04 Å². The number of nitrogens with zero attached hydrogens (tertiary/aromatic N) is 1. The van der Waals surface area contributed by atoms with Crippen molar-refractivity contribution >= 4 is 23.3 Å². The third-order valence-electron chi connectivity index (χ3n) is 4.92. The van der Waals surface area contributed by atoms with Crippen molar-refractivity contribution in [3.63, 3.8) is 0 Å². The van der Waals surface area contributed by atoms with Crippen LogP contribution in [0.25, 0.3) is 0 Å². The van der Waals surface area contributed by atoms with Crippen LogP contribution in [0.1, 0.15) is 36.6 Å². The Bertz CT molecular complexity index is 892. The second-order valence-corrected chi connectivity index (χ2v) is 7.25. The van der Waals surface area contributed by atoms with E-state index in [2.05, 4.69) is 10.6 Å². The summed E-state index contributed by atoms with van der Waals surface area (Å²) in [5.41, 5.74) is 4.31. The van der Waals surface area contributed by atoms with Gasteiger partial charge >= 0.3 is 6.03 Å². The molecule has 3 rings (SSSR count). The number of carbonyl (C=O) groups is 2. The van der Waals surface area contributed by atoms with Gasteiger partial charge in [0.15, 0.2) is 6.29 Å². The Morgan fingerprint density at radius 2 is 1.67 bits per heavy atom. The SMILES string of the molecule is CCOC(CN1C(=O)[C@@H](NC(=O)Nc2ccc(C)cc2)c2cc(C)ccc21)OCC. The number of carbonyl (C=O) groups excluding carboxylic acids is 2. The molecular formula is C23H29N3O4. The van der Waals surface area contributed by atoms with Crippen molar-refractivity contribution in [1.82, 2.24) is 5.32 Å². The zero-order valence-electron chi connectivity index (χ0n) is 17.9. The third kappa shape index (κ3) is 4.98. The van der Waals surface area contributed by atoms with Crippen molar-refractivity contribution in [1.29, 1.82) is 0 Å². The monoisotopic (exact) mass is 411 g/mol. The molecule has 2 N–H and O–H groups in total. The van der Waals surface area contributed by atoms with Gasteiger partial charge in [-0.2, -0.15) is 0 Å². The number of fused-ring (bicyclic) bond motifs is 1. The quantitative estimate of drug-likeness (QED) is 0.646. The molecular weight excluding hydrogens is 382 g/mol. The van der Waals surface area contributed by atoms with Crippen LogP contribution in [0.2, 0.25) is 0 Å². The summed E-state index contributed by atoms with van der Waals surface area (Å²) in [5.74, 6) is -0.209. The van der Waals surface area contributed by atoms with Crippen LogP contribution in [0.3, 0.4) is 0 Å². The van der Waals surface area contributed by atoms with Gasteiger partial charge in [-0.15, -0.1) is 0 Å². The van der Waals surface area contributed by atoms with E-state index in [0.29, 0.717) is 18.9 Å². The van der Waals surface area contributed by atoms with Crippen molar-refractivity contribution in [2.45, 2.75) is 40.0 Å². The number of aryl methyl sites for hydroxylation is 2. The Balaban J connectivity index is 1.79. The first-order valence-corrected chi connectivity index (χ1v) is 10.2. The molecule has 0 fully saturated rings. The first-order valence-electron chi connectivity index (χ1n) is 10.2. The van der Waals surface area contributed by atoms with E-state index in [9.17, 15) is 9.59 Å². The van der Waals surface area contributed by atoms with Gasteiger partial charge in [-0.3, -0.25) is 4.79 Å². The number of amides is 3. The summed E-state index contributed by atoms with van der Waals surface area (Å²) >= 11 is 0. The van der Waals surface area contributed by atoms with Crippen LogP contribution in [0.15, 0.2) is 42.5 Å². The minimum absolute atomic E-state index is 0.209. The molecule has 1 aliphatic rings. The van der Waals surface area contributed by atoms with Gasteiger partial charge in [-0.05, 0) is 45.9 Å². The largest absolute Gasteiger partial charge is 0.351 e. The summed E-state index contributed by atoms with van der Waals surface area (Å²) < 4.78 is 11.2. The van der Waals surface area contributed by atoms with E-state index < -0.39 is 18.4 Å². The second kappa shape index (κ2) is 9.73. The molecule has 1 atom stereocenters. The number of hydrogen-bond donors (Lipinski definition) is 2. The maximum absolute atomic E-state index is 13.2. The summed E-state index contributed by atoms with van der Waals surface area (Å²) in [7, 11) is 0. The van der Waals surface area contributed by atoms with E-state index in [0.717, 1.165) is 22.4 Å². The summed E-state index contributed by atoms with van der Waals surface area (Å²) in [6.07, 6.45) is -0.529. The van der Waals surface area contributed by atoms with Crippen molar-refractivity contribution in [2.24, 2.45) is 0 Å². The summed E-state index contributed by atoms with van der Waals surface area (Å²) in [4.78, 5) is 27.4.